The summed E-state index contributed by atoms with van der Waals surface area (Å²) in [6.45, 7) is 0. The lowest BCUT2D eigenvalue weighted by Crippen LogP contribution is -2.34. The predicted octanol–water partition coefficient (Wildman–Crippen LogP) is -1.31. The van der Waals surface area contributed by atoms with Gasteiger partial charge in [-0.15, -0.1) is 0 Å². The lowest BCUT2D eigenvalue weighted by atomic mass is 9.85. The van der Waals surface area contributed by atoms with E-state index in [1.54, 1.807) is 0 Å². The van der Waals surface area contributed by atoms with Gasteiger partial charge in [-0.1, -0.05) is 0 Å². The number of aromatic nitrogens is 1. The number of nitrogens with zero attached hydrogens (tertiary/aromatic N) is 1. The average Bonchev–Trinajstić information content (AvgIpc) is 2.15. The van der Waals surface area contributed by atoms with Crippen LogP contribution >= 0.6 is 0 Å². The normalized spacial score (nSPS) is 9.71. The van der Waals surface area contributed by atoms with Crippen LogP contribution in [-0.2, 0) is 4.74 Å². The van der Waals surface area contributed by atoms with Gasteiger partial charge in [0.1, 0.15) is 0 Å². The van der Waals surface area contributed by atoms with Crippen molar-refractivity contribution in [1.82, 2.24) is 4.98 Å². The van der Waals surface area contributed by atoms with Crippen molar-refractivity contribution >= 4 is 18.7 Å². The van der Waals surface area contributed by atoms with Crippen LogP contribution in [0.3, 0.4) is 0 Å². The van der Waals surface area contributed by atoms with Crippen LogP contribution in [0.4, 0.5) is 4.39 Å². The first kappa shape index (κ1) is 10.6. The molecule has 2 N–H and O–H groups in total. The maximum atomic E-state index is 12.7. The second kappa shape index (κ2) is 4.16. The Morgan fingerprint density at radius 3 is 2.71 bits per heavy atom. The predicted molar refractivity (Wildman–Crippen MR) is 45.4 cm³/mol. The summed E-state index contributed by atoms with van der Waals surface area (Å²) in [4.78, 5) is 14.1. The molecule has 5 nitrogen and oxygen atoms in total. The molecule has 7 heteroatoms. The number of rotatable bonds is 2. The van der Waals surface area contributed by atoms with Crippen molar-refractivity contribution < 1.29 is 24.0 Å². The first-order chi connectivity index (χ1) is 6.54. The minimum absolute atomic E-state index is 0.122. The SMILES string of the molecule is COC(=O)c1cc(F)nc(B(O)O)c1. The lowest BCUT2D eigenvalue weighted by molar-refractivity contribution is 0.0600. The molecule has 0 aliphatic rings. The molecular weight excluding hydrogens is 192 g/mol. The highest BCUT2D eigenvalue weighted by molar-refractivity contribution is 6.57. The fourth-order valence-corrected chi connectivity index (χ4v) is 0.885. The van der Waals surface area contributed by atoms with Crippen LogP contribution < -0.4 is 5.59 Å². The minimum Gasteiger partial charge on any atom is -0.465 e. The molecule has 1 aromatic rings. The van der Waals surface area contributed by atoms with Crippen LogP contribution in [-0.4, -0.2) is 35.2 Å². The molecule has 0 radical (unpaired) electrons. The Balaban J connectivity index is 3.13. The summed E-state index contributed by atoms with van der Waals surface area (Å²) >= 11 is 0. The number of halogens is 1. The van der Waals surface area contributed by atoms with Gasteiger partial charge >= 0.3 is 13.1 Å². The minimum atomic E-state index is -1.92. The summed E-state index contributed by atoms with van der Waals surface area (Å²) in [5.41, 5.74) is -0.464. The molecule has 0 unspecified atom stereocenters. The third kappa shape index (κ3) is 2.27. The summed E-state index contributed by atoms with van der Waals surface area (Å²) in [6, 6.07) is 1.89. The molecule has 0 saturated carbocycles. The number of hydrogen-bond donors (Lipinski definition) is 2. The molecule has 14 heavy (non-hydrogen) atoms. The Bertz CT molecular complexity index is 358. The largest absolute Gasteiger partial charge is 0.508 e. The number of pyridine rings is 1. The second-order valence-corrected chi connectivity index (χ2v) is 2.47. The highest BCUT2D eigenvalue weighted by atomic mass is 19.1. The van der Waals surface area contributed by atoms with E-state index in [2.05, 4.69) is 9.72 Å². The van der Waals surface area contributed by atoms with Gasteiger partial charge in [0.15, 0.2) is 0 Å². The molecular formula is C7H7BFNO4. The maximum absolute atomic E-state index is 12.7. The molecule has 0 saturated heterocycles. The molecule has 1 rings (SSSR count). The van der Waals surface area contributed by atoms with Crippen molar-refractivity contribution in [3.05, 3.63) is 23.6 Å². The zero-order valence-electron chi connectivity index (χ0n) is 7.27. The molecule has 0 aliphatic heterocycles. The number of ether oxygens (including phenoxy) is 1. The molecule has 0 fully saturated rings. The Labute approximate surface area is 79.3 Å². The molecule has 0 aliphatic carbocycles. The van der Waals surface area contributed by atoms with E-state index in [0.29, 0.717) is 0 Å². The van der Waals surface area contributed by atoms with Gasteiger partial charge in [-0.25, -0.2) is 9.78 Å². The van der Waals surface area contributed by atoms with E-state index in [1.807, 2.05) is 0 Å². The zero-order chi connectivity index (χ0) is 10.7. The van der Waals surface area contributed by atoms with Crippen LogP contribution in [0.1, 0.15) is 10.4 Å². The van der Waals surface area contributed by atoms with E-state index in [0.717, 1.165) is 19.2 Å². The number of hydrogen-bond acceptors (Lipinski definition) is 5. The number of carbonyl (C=O) groups is 1. The van der Waals surface area contributed by atoms with E-state index in [4.69, 9.17) is 10.0 Å². The van der Waals surface area contributed by atoms with E-state index in [-0.39, 0.29) is 11.2 Å². The van der Waals surface area contributed by atoms with Crippen molar-refractivity contribution in [3.8, 4) is 0 Å². The van der Waals surface area contributed by atoms with Crippen molar-refractivity contribution in [3.63, 3.8) is 0 Å². The summed E-state index contributed by atoms with van der Waals surface area (Å²) < 4.78 is 17.1. The standard InChI is InChI=1S/C7H7BFNO4/c1-14-7(11)4-2-5(8(12)13)10-6(9)3-4/h2-3,12-13H,1H3. The highest BCUT2D eigenvalue weighted by Gasteiger charge is 2.17. The third-order valence-electron chi connectivity index (χ3n) is 1.50. The third-order valence-corrected chi connectivity index (χ3v) is 1.50. The number of esters is 1. The molecule has 1 aromatic heterocycles. The second-order valence-electron chi connectivity index (χ2n) is 2.47. The van der Waals surface area contributed by atoms with E-state index in [9.17, 15) is 9.18 Å². The highest BCUT2D eigenvalue weighted by Crippen LogP contribution is 2.00. The van der Waals surface area contributed by atoms with Gasteiger partial charge in [-0.05, 0) is 6.07 Å². The lowest BCUT2D eigenvalue weighted by Gasteiger charge is -2.02. The Kier molecular flexibility index (Phi) is 3.16. The van der Waals surface area contributed by atoms with Crippen LogP contribution in [0.15, 0.2) is 12.1 Å². The molecule has 74 valence electrons. The fourth-order valence-electron chi connectivity index (χ4n) is 0.885. The first-order valence-corrected chi connectivity index (χ1v) is 3.66. The summed E-state index contributed by atoms with van der Waals surface area (Å²) in [5, 5.41) is 17.4. The fraction of sp³-hybridized carbons (Fsp3) is 0.143. The van der Waals surface area contributed by atoms with Crippen molar-refractivity contribution in [2.45, 2.75) is 0 Å². The van der Waals surface area contributed by atoms with Crippen LogP contribution in [0.2, 0.25) is 0 Å². The molecule has 0 bridgehead atoms. The van der Waals surface area contributed by atoms with E-state index >= 15 is 0 Å². The Hall–Kier alpha value is -1.47. The van der Waals surface area contributed by atoms with Crippen LogP contribution in [0.5, 0.6) is 0 Å². The van der Waals surface area contributed by atoms with Crippen molar-refractivity contribution in [2.75, 3.05) is 7.11 Å². The first-order valence-electron chi connectivity index (χ1n) is 3.66. The number of carbonyl (C=O) groups excluding carboxylic acids is 1. The maximum Gasteiger partial charge on any atom is 0.508 e. The number of methoxy groups -OCH3 is 1. The molecule has 0 aromatic carbocycles. The summed E-state index contributed by atoms with van der Waals surface area (Å²) in [5.74, 6) is -1.75. The van der Waals surface area contributed by atoms with Gasteiger partial charge in [-0.3, -0.25) is 0 Å². The van der Waals surface area contributed by atoms with Gasteiger partial charge in [0.2, 0.25) is 5.95 Å². The molecule has 0 atom stereocenters. The molecule has 0 amide bonds. The van der Waals surface area contributed by atoms with E-state index < -0.39 is 19.0 Å². The van der Waals surface area contributed by atoms with Crippen molar-refractivity contribution in [2.24, 2.45) is 0 Å². The van der Waals surface area contributed by atoms with E-state index in [1.165, 1.54) is 0 Å². The Morgan fingerprint density at radius 1 is 1.57 bits per heavy atom. The monoisotopic (exact) mass is 199 g/mol. The molecule has 1 heterocycles. The van der Waals surface area contributed by atoms with Crippen LogP contribution in [0.25, 0.3) is 0 Å². The quantitative estimate of drug-likeness (QED) is 0.351. The summed E-state index contributed by atoms with van der Waals surface area (Å²) in [6.07, 6.45) is 0. The van der Waals surface area contributed by atoms with Gasteiger partial charge in [-0.2, -0.15) is 4.39 Å². The van der Waals surface area contributed by atoms with Gasteiger partial charge in [0.05, 0.1) is 18.3 Å². The average molecular weight is 199 g/mol. The Morgan fingerprint density at radius 2 is 2.21 bits per heavy atom. The smallest absolute Gasteiger partial charge is 0.465 e. The van der Waals surface area contributed by atoms with Gasteiger partial charge in [0.25, 0.3) is 0 Å². The van der Waals surface area contributed by atoms with Gasteiger partial charge in [0, 0.05) is 6.07 Å². The summed E-state index contributed by atoms with van der Waals surface area (Å²) in [7, 11) is -0.787. The topological polar surface area (TPSA) is 79.7 Å². The van der Waals surface area contributed by atoms with Gasteiger partial charge < -0.3 is 14.8 Å². The zero-order valence-corrected chi connectivity index (χ0v) is 7.27. The van der Waals surface area contributed by atoms with Crippen molar-refractivity contribution in [1.29, 1.82) is 0 Å². The van der Waals surface area contributed by atoms with Crippen LogP contribution in [0, 0.1) is 5.95 Å². The molecule has 0 spiro atoms.